The molecular formula is C14H16FIN2O2. The number of aromatic nitrogens is 1. The number of ether oxygens (including phenoxy) is 1. The molecule has 0 amide bonds. The number of benzene rings is 1. The van der Waals surface area contributed by atoms with Gasteiger partial charge in [0.25, 0.3) is 0 Å². The molecule has 2 aromatic rings. The molecule has 0 saturated heterocycles. The van der Waals surface area contributed by atoms with Crippen molar-refractivity contribution < 1.29 is 13.5 Å². The summed E-state index contributed by atoms with van der Waals surface area (Å²) in [6.07, 6.45) is 2.39. The highest BCUT2D eigenvalue weighted by Gasteiger charge is 2.10. The number of nitrogens with zero attached hydrogens (tertiary/aromatic N) is 1. The van der Waals surface area contributed by atoms with E-state index in [0.29, 0.717) is 24.7 Å². The Labute approximate surface area is 130 Å². The lowest BCUT2D eigenvalue weighted by Gasteiger charge is -2.02. The van der Waals surface area contributed by atoms with E-state index in [4.69, 9.17) is 9.15 Å². The van der Waals surface area contributed by atoms with Crippen molar-refractivity contribution in [3.63, 3.8) is 0 Å². The van der Waals surface area contributed by atoms with E-state index >= 15 is 0 Å². The van der Waals surface area contributed by atoms with Crippen LogP contribution in [0, 0.1) is 9.39 Å². The Kier molecular flexibility index (Phi) is 5.93. The van der Waals surface area contributed by atoms with Crippen LogP contribution in [-0.2, 0) is 11.2 Å². The summed E-state index contributed by atoms with van der Waals surface area (Å²) in [5.41, 5.74) is 0.859. The van der Waals surface area contributed by atoms with Gasteiger partial charge in [-0.25, -0.2) is 9.37 Å². The van der Waals surface area contributed by atoms with Gasteiger partial charge in [-0.15, -0.1) is 0 Å². The monoisotopic (exact) mass is 390 g/mol. The first kappa shape index (κ1) is 15.4. The average molecular weight is 390 g/mol. The molecule has 0 unspecified atom stereocenters. The molecule has 1 heterocycles. The zero-order chi connectivity index (χ0) is 14.4. The molecule has 0 atom stereocenters. The largest absolute Gasteiger partial charge is 0.441 e. The molecule has 4 nitrogen and oxygen atoms in total. The molecular weight excluding hydrogens is 374 g/mol. The van der Waals surface area contributed by atoms with Crippen molar-refractivity contribution in [2.24, 2.45) is 0 Å². The fourth-order valence-electron chi connectivity index (χ4n) is 1.73. The number of methoxy groups -OCH3 is 1. The first-order valence-corrected chi connectivity index (χ1v) is 7.38. The number of halogens is 2. The van der Waals surface area contributed by atoms with Crippen LogP contribution in [0.1, 0.15) is 5.89 Å². The molecule has 20 heavy (non-hydrogen) atoms. The van der Waals surface area contributed by atoms with Gasteiger partial charge in [-0.2, -0.15) is 0 Å². The molecule has 2 rings (SSSR count). The Balaban J connectivity index is 1.95. The lowest BCUT2D eigenvalue weighted by atomic mass is 10.2. The van der Waals surface area contributed by atoms with Gasteiger partial charge in [0.1, 0.15) is 5.82 Å². The van der Waals surface area contributed by atoms with Gasteiger partial charge < -0.3 is 14.5 Å². The van der Waals surface area contributed by atoms with E-state index in [2.05, 4.69) is 32.9 Å². The third-order valence-electron chi connectivity index (χ3n) is 2.75. The molecule has 0 saturated carbocycles. The van der Waals surface area contributed by atoms with Crippen LogP contribution in [0.25, 0.3) is 11.3 Å². The summed E-state index contributed by atoms with van der Waals surface area (Å²) >= 11 is 2.09. The van der Waals surface area contributed by atoms with Crippen LogP contribution in [0.3, 0.4) is 0 Å². The average Bonchev–Trinajstić information content (AvgIpc) is 2.87. The van der Waals surface area contributed by atoms with Gasteiger partial charge in [0, 0.05) is 35.8 Å². The first-order valence-electron chi connectivity index (χ1n) is 6.30. The molecule has 0 bridgehead atoms. The van der Waals surface area contributed by atoms with Crippen molar-refractivity contribution in [3.8, 4) is 11.3 Å². The third kappa shape index (κ3) is 4.26. The Morgan fingerprint density at radius 2 is 2.25 bits per heavy atom. The Morgan fingerprint density at radius 1 is 1.40 bits per heavy atom. The molecule has 6 heteroatoms. The predicted molar refractivity (Wildman–Crippen MR) is 83.1 cm³/mol. The number of hydrogen-bond donors (Lipinski definition) is 1. The maximum atomic E-state index is 13.1. The minimum absolute atomic E-state index is 0.250. The van der Waals surface area contributed by atoms with Crippen molar-refractivity contribution in [3.05, 3.63) is 39.7 Å². The van der Waals surface area contributed by atoms with Crippen LogP contribution in [0.4, 0.5) is 4.39 Å². The van der Waals surface area contributed by atoms with Crippen molar-refractivity contribution in [1.82, 2.24) is 10.3 Å². The van der Waals surface area contributed by atoms with Crippen LogP contribution in [-0.4, -0.2) is 31.8 Å². The SMILES string of the molecule is COCCNCCc1ncc(-c2ccc(F)cc2I)o1. The van der Waals surface area contributed by atoms with Gasteiger partial charge in [-0.1, -0.05) is 0 Å². The highest BCUT2D eigenvalue weighted by atomic mass is 127. The van der Waals surface area contributed by atoms with Crippen LogP contribution in [0.15, 0.2) is 28.8 Å². The third-order valence-corrected chi connectivity index (χ3v) is 3.64. The van der Waals surface area contributed by atoms with Crippen molar-refractivity contribution in [2.45, 2.75) is 6.42 Å². The van der Waals surface area contributed by atoms with Crippen LogP contribution in [0.5, 0.6) is 0 Å². The highest BCUT2D eigenvalue weighted by molar-refractivity contribution is 14.1. The number of rotatable bonds is 7. The molecule has 108 valence electrons. The van der Waals surface area contributed by atoms with E-state index in [-0.39, 0.29) is 5.82 Å². The van der Waals surface area contributed by atoms with Gasteiger partial charge in [0.2, 0.25) is 0 Å². The Hall–Kier alpha value is -0.990. The van der Waals surface area contributed by atoms with Gasteiger partial charge in [-0.05, 0) is 40.8 Å². The van der Waals surface area contributed by atoms with Gasteiger partial charge in [0.05, 0.1) is 12.8 Å². The second-order valence-electron chi connectivity index (χ2n) is 4.24. The number of nitrogens with one attached hydrogen (secondary N) is 1. The molecule has 1 aromatic heterocycles. The van der Waals surface area contributed by atoms with Crippen LogP contribution >= 0.6 is 22.6 Å². The standard InChI is InChI=1S/C14H16FIN2O2/c1-19-7-6-17-5-4-14-18-9-13(20-14)11-3-2-10(15)8-12(11)16/h2-3,8-9,17H,4-7H2,1H3. The molecule has 0 spiro atoms. The van der Waals surface area contributed by atoms with Crippen LogP contribution < -0.4 is 5.32 Å². The summed E-state index contributed by atoms with van der Waals surface area (Å²) in [6, 6.07) is 4.61. The molecule has 0 aliphatic heterocycles. The van der Waals surface area contributed by atoms with E-state index in [1.807, 2.05) is 0 Å². The second kappa shape index (κ2) is 7.70. The van der Waals surface area contributed by atoms with E-state index in [1.165, 1.54) is 12.1 Å². The van der Waals surface area contributed by atoms with Crippen molar-refractivity contribution in [2.75, 3.05) is 26.8 Å². The molecule has 0 fully saturated rings. The van der Waals surface area contributed by atoms with Gasteiger partial charge in [-0.3, -0.25) is 0 Å². The topological polar surface area (TPSA) is 47.3 Å². The van der Waals surface area contributed by atoms with Crippen LogP contribution in [0.2, 0.25) is 0 Å². The fraction of sp³-hybridized carbons (Fsp3) is 0.357. The Morgan fingerprint density at radius 3 is 3.00 bits per heavy atom. The smallest absolute Gasteiger partial charge is 0.196 e. The van der Waals surface area contributed by atoms with E-state index in [0.717, 1.165) is 22.2 Å². The summed E-state index contributed by atoms with van der Waals surface area (Å²) in [4.78, 5) is 4.24. The molecule has 1 N–H and O–H groups in total. The number of oxazole rings is 1. The highest BCUT2D eigenvalue weighted by Crippen LogP contribution is 2.26. The minimum Gasteiger partial charge on any atom is -0.441 e. The lowest BCUT2D eigenvalue weighted by molar-refractivity contribution is 0.199. The summed E-state index contributed by atoms with van der Waals surface area (Å²) in [5.74, 6) is 1.09. The quantitative estimate of drug-likeness (QED) is 0.584. The fourth-order valence-corrected chi connectivity index (χ4v) is 2.48. The second-order valence-corrected chi connectivity index (χ2v) is 5.40. The summed E-state index contributed by atoms with van der Waals surface area (Å²) in [7, 11) is 1.67. The maximum absolute atomic E-state index is 13.1. The van der Waals surface area contributed by atoms with E-state index < -0.39 is 0 Å². The summed E-state index contributed by atoms with van der Waals surface area (Å²) in [5, 5.41) is 3.23. The summed E-state index contributed by atoms with van der Waals surface area (Å²) < 4.78 is 24.5. The molecule has 0 aliphatic rings. The number of hydrogen-bond acceptors (Lipinski definition) is 4. The predicted octanol–water partition coefficient (Wildman–Crippen LogP) is 2.86. The molecule has 0 radical (unpaired) electrons. The first-order chi connectivity index (χ1) is 9.70. The van der Waals surface area contributed by atoms with Crippen molar-refractivity contribution >= 4 is 22.6 Å². The van der Waals surface area contributed by atoms with Gasteiger partial charge in [0.15, 0.2) is 11.7 Å². The van der Waals surface area contributed by atoms with E-state index in [9.17, 15) is 4.39 Å². The zero-order valence-corrected chi connectivity index (χ0v) is 13.3. The lowest BCUT2D eigenvalue weighted by Crippen LogP contribution is -2.21. The molecule has 1 aromatic carbocycles. The van der Waals surface area contributed by atoms with Gasteiger partial charge >= 0.3 is 0 Å². The maximum Gasteiger partial charge on any atom is 0.196 e. The normalized spacial score (nSPS) is 10.9. The molecule has 0 aliphatic carbocycles. The minimum atomic E-state index is -0.250. The van der Waals surface area contributed by atoms with E-state index in [1.54, 1.807) is 19.4 Å². The Bertz CT molecular complexity index is 560. The summed E-state index contributed by atoms with van der Waals surface area (Å²) in [6.45, 7) is 2.27. The zero-order valence-electron chi connectivity index (χ0n) is 11.2. The van der Waals surface area contributed by atoms with Crippen molar-refractivity contribution in [1.29, 1.82) is 0 Å².